The van der Waals surface area contributed by atoms with Gasteiger partial charge in [-0.2, -0.15) is 4.98 Å². The predicted molar refractivity (Wildman–Crippen MR) is 54.7 cm³/mol. The molecule has 1 aromatic rings. The van der Waals surface area contributed by atoms with Crippen molar-refractivity contribution in [3.8, 4) is 0 Å². The van der Waals surface area contributed by atoms with E-state index < -0.39 is 5.97 Å². The van der Waals surface area contributed by atoms with Crippen molar-refractivity contribution in [2.75, 3.05) is 6.61 Å². The monoisotopic (exact) mass is 223 g/mol. The minimum absolute atomic E-state index is 0.00526. The van der Waals surface area contributed by atoms with Crippen LogP contribution >= 0.6 is 0 Å². The Kier molecular flexibility index (Phi) is 3.00. The van der Waals surface area contributed by atoms with Crippen molar-refractivity contribution < 1.29 is 14.1 Å². The third kappa shape index (κ3) is 2.11. The van der Waals surface area contributed by atoms with E-state index in [0.717, 1.165) is 6.42 Å². The summed E-state index contributed by atoms with van der Waals surface area (Å²) in [6.45, 7) is 2.01. The Morgan fingerprint density at radius 1 is 1.69 bits per heavy atom. The van der Waals surface area contributed by atoms with E-state index in [1.54, 1.807) is 6.92 Å². The Labute approximate surface area is 92.5 Å². The highest BCUT2D eigenvalue weighted by Gasteiger charge is 2.25. The number of hydrogen-bond acceptors (Lipinski definition) is 6. The first-order chi connectivity index (χ1) is 7.70. The summed E-state index contributed by atoms with van der Waals surface area (Å²) in [4.78, 5) is 15.3. The third-order valence-electron chi connectivity index (χ3n) is 2.33. The summed E-state index contributed by atoms with van der Waals surface area (Å²) in [5.41, 5.74) is 5.71. The molecule has 1 aliphatic rings. The van der Waals surface area contributed by atoms with Crippen molar-refractivity contribution in [1.29, 1.82) is 0 Å². The molecular weight excluding hydrogens is 210 g/mol. The zero-order valence-corrected chi connectivity index (χ0v) is 8.92. The SMILES string of the molecule is CCOC(=O)c1noc(C2C=CC(N)C2)n1. The van der Waals surface area contributed by atoms with Gasteiger partial charge in [0.2, 0.25) is 5.89 Å². The summed E-state index contributed by atoms with van der Waals surface area (Å²) in [5.74, 6) is -0.188. The number of esters is 1. The Bertz CT molecular complexity index is 413. The Morgan fingerprint density at radius 3 is 3.12 bits per heavy atom. The highest BCUT2D eigenvalue weighted by atomic mass is 16.5. The second-order valence-electron chi connectivity index (χ2n) is 3.57. The van der Waals surface area contributed by atoms with E-state index in [4.69, 9.17) is 15.0 Å². The molecule has 0 fully saturated rings. The number of nitrogens with two attached hydrogens (primary N) is 1. The second-order valence-corrected chi connectivity index (χ2v) is 3.57. The van der Waals surface area contributed by atoms with Gasteiger partial charge < -0.3 is 15.0 Å². The van der Waals surface area contributed by atoms with Gasteiger partial charge in [0.15, 0.2) is 0 Å². The van der Waals surface area contributed by atoms with Crippen LogP contribution in [0.15, 0.2) is 16.7 Å². The number of ether oxygens (including phenoxy) is 1. The summed E-state index contributed by atoms with van der Waals surface area (Å²) in [7, 11) is 0. The third-order valence-corrected chi connectivity index (χ3v) is 2.33. The minimum atomic E-state index is -0.566. The highest BCUT2D eigenvalue weighted by Crippen LogP contribution is 2.26. The molecule has 0 amide bonds. The summed E-state index contributed by atoms with van der Waals surface area (Å²) < 4.78 is 9.75. The first kappa shape index (κ1) is 10.8. The van der Waals surface area contributed by atoms with Gasteiger partial charge in [0.05, 0.1) is 12.5 Å². The van der Waals surface area contributed by atoms with E-state index >= 15 is 0 Å². The molecule has 0 aliphatic heterocycles. The van der Waals surface area contributed by atoms with Crippen LogP contribution in [0, 0.1) is 0 Å². The molecule has 0 radical (unpaired) electrons. The van der Waals surface area contributed by atoms with E-state index in [1.165, 1.54) is 0 Å². The van der Waals surface area contributed by atoms with Crippen LogP contribution in [-0.2, 0) is 4.74 Å². The molecule has 86 valence electrons. The molecule has 0 saturated carbocycles. The summed E-state index contributed by atoms with van der Waals surface area (Å²) in [6.07, 6.45) is 4.52. The number of carbonyl (C=O) groups excluding carboxylic acids is 1. The van der Waals surface area contributed by atoms with Crippen molar-refractivity contribution >= 4 is 5.97 Å². The van der Waals surface area contributed by atoms with Gasteiger partial charge in [-0.25, -0.2) is 4.79 Å². The van der Waals surface area contributed by atoms with Crippen LogP contribution in [0.3, 0.4) is 0 Å². The highest BCUT2D eigenvalue weighted by molar-refractivity contribution is 5.84. The lowest BCUT2D eigenvalue weighted by atomic mass is 10.1. The average molecular weight is 223 g/mol. The zero-order chi connectivity index (χ0) is 11.5. The predicted octanol–water partition coefficient (Wildman–Crippen LogP) is 0.617. The normalized spacial score (nSPS) is 23.6. The standard InChI is InChI=1S/C10H13N3O3/c1-2-15-10(14)8-12-9(16-13-8)6-3-4-7(11)5-6/h3-4,6-7H,2,5,11H2,1H3. The van der Waals surface area contributed by atoms with Gasteiger partial charge in [-0.3, -0.25) is 0 Å². The van der Waals surface area contributed by atoms with Crippen LogP contribution in [0.5, 0.6) is 0 Å². The Morgan fingerprint density at radius 2 is 2.50 bits per heavy atom. The Balaban J connectivity index is 2.08. The van der Waals surface area contributed by atoms with Gasteiger partial charge in [-0.05, 0) is 18.5 Å². The molecule has 2 N–H and O–H groups in total. The molecule has 6 heteroatoms. The summed E-state index contributed by atoms with van der Waals surface area (Å²) in [6, 6.07) is 0.0166. The van der Waals surface area contributed by atoms with E-state index in [2.05, 4.69) is 10.1 Å². The van der Waals surface area contributed by atoms with Gasteiger partial charge in [0.25, 0.3) is 5.82 Å². The van der Waals surface area contributed by atoms with Crippen LogP contribution in [0.2, 0.25) is 0 Å². The van der Waals surface area contributed by atoms with Gasteiger partial charge in [0, 0.05) is 6.04 Å². The number of allylic oxidation sites excluding steroid dienone is 1. The first-order valence-corrected chi connectivity index (χ1v) is 5.15. The van der Waals surface area contributed by atoms with Crippen LogP contribution in [-0.4, -0.2) is 28.8 Å². The van der Waals surface area contributed by atoms with Crippen LogP contribution < -0.4 is 5.73 Å². The second kappa shape index (κ2) is 4.44. The van der Waals surface area contributed by atoms with Crippen LogP contribution in [0.25, 0.3) is 0 Å². The molecule has 0 spiro atoms. The average Bonchev–Trinajstić information content (AvgIpc) is 2.85. The maximum absolute atomic E-state index is 11.3. The molecule has 16 heavy (non-hydrogen) atoms. The fourth-order valence-corrected chi connectivity index (χ4v) is 1.57. The number of hydrogen-bond donors (Lipinski definition) is 1. The van der Waals surface area contributed by atoms with Crippen molar-refractivity contribution in [3.05, 3.63) is 23.9 Å². The topological polar surface area (TPSA) is 91.2 Å². The van der Waals surface area contributed by atoms with Crippen molar-refractivity contribution in [2.45, 2.75) is 25.3 Å². The quantitative estimate of drug-likeness (QED) is 0.596. The number of carbonyl (C=O) groups is 1. The van der Waals surface area contributed by atoms with E-state index in [-0.39, 0.29) is 24.4 Å². The first-order valence-electron chi connectivity index (χ1n) is 5.15. The molecule has 1 heterocycles. The van der Waals surface area contributed by atoms with Gasteiger partial charge in [-0.15, -0.1) is 0 Å². The van der Waals surface area contributed by atoms with Crippen LogP contribution in [0.1, 0.15) is 35.8 Å². The fraction of sp³-hybridized carbons (Fsp3) is 0.500. The van der Waals surface area contributed by atoms with Crippen molar-refractivity contribution in [2.24, 2.45) is 5.73 Å². The lowest BCUT2D eigenvalue weighted by Crippen LogP contribution is -2.14. The molecule has 2 atom stereocenters. The Hall–Kier alpha value is -1.69. The van der Waals surface area contributed by atoms with E-state index in [1.807, 2.05) is 12.2 Å². The molecule has 1 aromatic heterocycles. The molecule has 0 bridgehead atoms. The fourth-order valence-electron chi connectivity index (χ4n) is 1.57. The molecule has 2 unspecified atom stereocenters. The maximum atomic E-state index is 11.3. The summed E-state index contributed by atoms with van der Waals surface area (Å²) >= 11 is 0. The van der Waals surface area contributed by atoms with Crippen LogP contribution in [0.4, 0.5) is 0 Å². The van der Waals surface area contributed by atoms with Crippen molar-refractivity contribution in [1.82, 2.24) is 10.1 Å². The molecule has 1 aliphatic carbocycles. The van der Waals surface area contributed by atoms with Gasteiger partial charge in [-0.1, -0.05) is 12.2 Å². The molecular formula is C10H13N3O3. The molecule has 0 saturated heterocycles. The lowest BCUT2D eigenvalue weighted by molar-refractivity contribution is 0.0508. The van der Waals surface area contributed by atoms with Gasteiger partial charge >= 0.3 is 5.97 Å². The smallest absolute Gasteiger partial charge is 0.379 e. The number of aromatic nitrogens is 2. The maximum Gasteiger partial charge on any atom is 0.379 e. The largest absolute Gasteiger partial charge is 0.460 e. The van der Waals surface area contributed by atoms with E-state index in [0.29, 0.717) is 5.89 Å². The molecule has 2 rings (SSSR count). The molecule has 0 aromatic carbocycles. The summed E-state index contributed by atoms with van der Waals surface area (Å²) in [5, 5.41) is 3.57. The number of nitrogens with zero attached hydrogens (tertiary/aromatic N) is 2. The van der Waals surface area contributed by atoms with Gasteiger partial charge in [0.1, 0.15) is 0 Å². The molecule has 6 nitrogen and oxygen atoms in total. The lowest BCUT2D eigenvalue weighted by Gasteiger charge is -2.01. The van der Waals surface area contributed by atoms with Crippen molar-refractivity contribution in [3.63, 3.8) is 0 Å². The minimum Gasteiger partial charge on any atom is -0.460 e. The zero-order valence-electron chi connectivity index (χ0n) is 8.92. The number of rotatable bonds is 3. The van der Waals surface area contributed by atoms with E-state index in [9.17, 15) is 4.79 Å².